The van der Waals surface area contributed by atoms with Crippen LogP contribution in [0.3, 0.4) is 0 Å². The van der Waals surface area contributed by atoms with Crippen LogP contribution < -0.4 is 12.4 Å². The minimum absolute atomic E-state index is 0. The standard InChI is InChI=1S/C4H8O.C3H7.ClH.Mg/c1-2-4-5-3-1;1-3-2;;/h1-4H2;3H,1-2H3;1H;/q;;;+1/p-1. The van der Waals surface area contributed by atoms with Crippen LogP contribution in [0.2, 0.25) is 4.05 Å². The molecule has 0 radical (unpaired) electrons. The van der Waals surface area contributed by atoms with Crippen LogP contribution in [0.25, 0.3) is 0 Å². The van der Waals surface area contributed by atoms with Crippen LogP contribution in [0.5, 0.6) is 0 Å². The number of ether oxygens (including phenoxy) is 1. The summed E-state index contributed by atoms with van der Waals surface area (Å²) in [6.07, 6.45) is 2.56. The maximum absolute atomic E-state index is 4.94. The van der Waals surface area contributed by atoms with E-state index in [4.69, 9.17) is 4.74 Å². The molecule has 1 aliphatic rings. The van der Waals surface area contributed by atoms with Gasteiger partial charge in [-0.2, -0.15) is 0 Å². The second-order valence-electron chi connectivity index (χ2n) is 2.71. The Morgan fingerprint density at radius 2 is 1.50 bits per heavy atom. The zero-order chi connectivity index (χ0) is 7.11. The summed E-state index contributed by atoms with van der Waals surface area (Å²) in [5.74, 6) is 0. The normalized spacial score (nSPS) is 15.7. The quantitative estimate of drug-likeness (QED) is 0.419. The molecule has 0 aliphatic carbocycles. The predicted molar refractivity (Wildman–Crippen MR) is 40.9 cm³/mol. The van der Waals surface area contributed by atoms with E-state index in [1.807, 2.05) is 21.7 Å². The molecule has 0 bridgehead atoms. The van der Waals surface area contributed by atoms with Gasteiger partial charge < -0.3 is 17.1 Å². The summed E-state index contributed by atoms with van der Waals surface area (Å²) in [6, 6.07) is 0. The minimum atomic E-state index is 0. The Bertz CT molecular complexity index is 45.2. The molecule has 0 unspecified atom stereocenters. The summed E-state index contributed by atoms with van der Waals surface area (Å²) in [4.78, 5) is 0. The van der Waals surface area contributed by atoms with Gasteiger partial charge in [-0.25, -0.2) is 0 Å². The Balaban J connectivity index is 0. The Morgan fingerprint density at radius 1 is 1.20 bits per heavy atom. The molecule has 0 amide bonds. The van der Waals surface area contributed by atoms with Crippen molar-refractivity contribution in [2.75, 3.05) is 13.2 Å². The molecule has 1 aliphatic heterocycles. The summed E-state index contributed by atoms with van der Waals surface area (Å²) < 4.78 is 5.81. The van der Waals surface area contributed by atoms with Crippen molar-refractivity contribution in [2.24, 2.45) is 0 Å². The van der Waals surface area contributed by atoms with Crippen LogP contribution in [-0.2, 0) is 4.74 Å². The predicted octanol–water partition coefficient (Wildman–Crippen LogP) is -1.22. The van der Waals surface area contributed by atoms with E-state index >= 15 is 0 Å². The van der Waals surface area contributed by atoms with Crippen LogP contribution >= 0.6 is 0 Å². The monoisotopic (exact) mass is 174 g/mol. The molecule has 0 saturated carbocycles. The van der Waals surface area contributed by atoms with E-state index < -0.39 is 0 Å². The Labute approximate surface area is 82.7 Å². The molecule has 3 heteroatoms. The summed E-state index contributed by atoms with van der Waals surface area (Å²) >= 11 is 2.00. The van der Waals surface area contributed by atoms with Crippen molar-refractivity contribution in [1.82, 2.24) is 0 Å². The van der Waals surface area contributed by atoms with Gasteiger partial charge in [-0.05, 0) is 12.8 Å². The van der Waals surface area contributed by atoms with E-state index in [-0.39, 0.29) is 12.4 Å². The molecule has 1 nitrogen and oxygen atoms in total. The van der Waals surface area contributed by atoms with E-state index in [9.17, 15) is 0 Å². The van der Waals surface area contributed by atoms with Gasteiger partial charge in [0.15, 0.2) is 0 Å². The van der Waals surface area contributed by atoms with Crippen molar-refractivity contribution in [1.29, 1.82) is 0 Å². The van der Waals surface area contributed by atoms with E-state index in [1.54, 1.807) is 0 Å². The van der Waals surface area contributed by atoms with Crippen LogP contribution in [0, 0.1) is 0 Å². The topological polar surface area (TPSA) is 9.23 Å². The van der Waals surface area contributed by atoms with E-state index in [2.05, 4.69) is 13.8 Å². The molecular weight excluding hydrogens is 160 g/mol. The second-order valence-corrected chi connectivity index (χ2v) is 4.35. The smallest absolute Gasteiger partial charge is 1.00 e. The van der Waals surface area contributed by atoms with E-state index in [0.29, 0.717) is 0 Å². The van der Waals surface area contributed by atoms with Gasteiger partial charge in [0.1, 0.15) is 0 Å². The van der Waals surface area contributed by atoms with Gasteiger partial charge in [0.05, 0.1) is 0 Å². The van der Waals surface area contributed by atoms with Gasteiger partial charge in [-0.1, -0.05) is 0 Å². The first-order chi connectivity index (χ1) is 4.23. The zero-order valence-electron chi connectivity index (χ0n) is 6.90. The first-order valence-electron chi connectivity index (χ1n) is 3.64. The molecule has 0 aromatic heterocycles. The fraction of sp³-hybridized carbons (Fsp3) is 1.00. The first kappa shape index (κ1) is 13.6. The van der Waals surface area contributed by atoms with Crippen LogP contribution in [-0.4, -0.2) is 34.9 Å². The minimum Gasteiger partial charge on any atom is -1.00 e. The maximum atomic E-state index is 4.94. The zero-order valence-corrected chi connectivity index (χ0v) is 9.07. The molecular formula is C7H15ClMgO. The molecule has 0 spiro atoms. The average molecular weight is 175 g/mol. The summed E-state index contributed by atoms with van der Waals surface area (Å²) in [6.45, 7) is 6.36. The average Bonchev–Trinajstić information content (AvgIpc) is 2.11. The number of hydrogen-bond acceptors (Lipinski definition) is 1. The third-order valence-corrected chi connectivity index (χ3v) is 0.827. The fourth-order valence-corrected chi connectivity index (χ4v) is 0.510. The van der Waals surface area contributed by atoms with Crippen molar-refractivity contribution in [3.8, 4) is 0 Å². The molecule has 1 saturated heterocycles. The molecule has 1 heterocycles. The van der Waals surface area contributed by atoms with Crippen molar-refractivity contribution in [2.45, 2.75) is 30.7 Å². The number of hydrogen-bond donors (Lipinski definition) is 0. The Kier molecular flexibility index (Phi) is 13.6. The molecule has 0 atom stereocenters. The van der Waals surface area contributed by atoms with Gasteiger partial charge in [0, 0.05) is 13.2 Å². The van der Waals surface area contributed by atoms with Crippen LogP contribution in [0.4, 0.5) is 0 Å². The van der Waals surface area contributed by atoms with Crippen LogP contribution in [0.1, 0.15) is 26.7 Å². The number of rotatable bonds is 0. The number of halogens is 1. The van der Waals surface area contributed by atoms with Gasteiger partial charge >= 0.3 is 39.6 Å². The van der Waals surface area contributed by atoms with Crippen molar-refractivity contribution < 1.29 is 17.1 Å². The van der Waals surface area contributed by atoms with Gasteiger partial charge in [0.2, 0.25) is 0 Å². The van der Waals surface area contributed by atoms with Gasteiger partial charge in [0.25, 0.3) is 0 Å². The first-order valence-corrected chi connectivity index (χ1v) is 4.46. The molecule has 0 aromatic rings. The SMILES string of the molecule is C1CCOC1.C[CH](C)[Mg+].[Cl-]. The largest absolute Gasteiger partial charge is 1.00 e. The molecule has 0 aromatic carbocycles. The molecule has 1 rings (SSSR count). The Morgan fingerprint density at radius 3 is 1.60 bits per heavy atom. The van der Waals surface area contributed by atoms with E-state index in [0.717, 1.165) is 17.3 Å². The Hall–Kier alpha value is 1.02. The third-order valence-electron chi connectivity index (χ3n) is 0.827. The molecule has 10 heavy (non-hydrogen) atoms. The fourth-order valence-electron chi connectivity index (χ4n) is 0.510. The molecule has 1 fully saturated rings. The van der Waals surface area contributed by atoms with Crippen molar-refractivity contribution in [3.05, 3.63) is 0 Å². The van der Waals surface area contributed by atoms with Crippen LogP contribution in [0.15, 0.2) is 0 Å². The van der Waals surface area contributed by atoms with Crippen molar-refractivity contribution in [3.63, 3.8) is 0 Å². The summed E-state index contributed by atoms with van der Waals surface area (Å²) in [7, 11) is 0. The van der Waals surface area contributed by atoms with Crippen molar-refractivity contribution >= 4 is 21.7 Å². The summed E-state index contributed by atoms with van der Waals surface area (Å²) in [5, 5.41) is 0. The van der Waals surface area contributed by atoms with E-state index in [1.165, 1.54) is 12.8 Å². The van der Waals surface area contributed by atoms with Gasteiger partial charge in [-0.15, -0.1) is 0 Å². The maximum Gasteiger partial charge on any atom is -1.00 e. The molecule has 0 N–H and O–H groups in total. The third kappa shape index (κ3) is 16.0. The summed E-state index contributed by atoms with van der Waals surface area (Å²) in [5.41, 5.74) is 0. The van der Waals surface area contributed by atoms with Gasteiger partial charge in [-0.3, -0.25) is 0 Å². The second kappa shape index (κ2) is 10.0. The molecule has 58 valence electrons.